The summed E-state index contributed by atoms with van der Waals surface area (Å²) < 4.78 is 221. The molecule has 10 rings (SSSR count). The highest BCUT2D eigenvalue weighted by molar-refractivity contribution is 6.19. The summed E-state index contributed by atoms with van der Waals surface area (Å²) in [5.74, 6) is 0. The van der Waals surface area contributed by atoms with Gasteiger partial charge in [-0.05, 0) is 98.0 Å². The van der Waals surface area contributed by atoms with Gasteiger partial charge in [-0.2, -0.15) is 0 Å². The minimum atomic E-state index is -0.985. The SMILES string of the molecule is [2H]c1c([2H])c([2H])c(-c2c([2H])c([2H])c(-c3c([2H])c([2H])c(N(c4c([2H])c([2H])c(-c5c([2H])c([2H])c6c([2H])c([2H])c([2H])c([2H])c6c5[2H])c([2H])c4[2H])c4cccc5oc6c7ccccc7ccc6c45)c([2H])c3[2H])c([2H])c2[2H])c([2H])c1[2H]. The third kappa shape index (κ3) is 5.21. The van der Waals surface area contributed by atoms with Crippen molar-refractivity contribution >= 4 is 60.5 Å². The van der Waals surface area contributed by atoms with Crippen molar-refractivity contribution in [2.24, 2.45) is 0 Å². The van der Waals surface area contributed by atoms with Crippen molar-refractivity contribution in [1.82, 2.24) is 0 Å². The first-order chi connectivity index (χ1) is 35.8. The van der Waals surface area contributed by atoms with Gasteiger partial charge in [0.15, 0.2) is 0 Å². The lowest BCUT2D eigenvalue weighted by Crippen LogP contribution is -2.10. The van der Waals surface area contributed by atoms with Crippen molar-refractivity contribution in [2.75, 3.05) is 4.90 Å². The highest BCUT2D eigenvalue weighted by Crippen LogP contribution is 2.45. The highest BCUT2D eigenvalue weighted by Gasteiger charge is 2.20. The van der Waals surface area contributed by atoms with E-state index in [0.29, 0.717) is 16.4 Å². The molecule has 0 N–H and O–H groups in total. The number of hydrogen-bond donors (Lipinski definition) is 0. The smallest absolute Gasteiger partial charge is 0.143 e. The molecule has 1 aromatic heterocycles. The van der Waals surface area contributed by atoms with Crippen LogP contribution in [0.3, 0.4) is 0 Å². The van der Waals surface area contributed by atoms with Gasteiger partial charge in [0.2, 0.25) is 0 Å². The number of rotatable bonds is 6. The van der Waals surface area contributed by atoms with E-state index in [9.17, 15) is 12.3 Å². The van der Waals surface area contributed by atoms with Crippen LogP contribution in [0.4, 0.5) is 17.1 Å². The molecular formula is C50H33NO. The highest BCUT2D eigenvalue weighted by atomic mass is 16.3. The predicted molar refractivity (Wildman–Crippen MR) is 220 cm³/mol. The van der Waals surface area contributed by atoms with Crippen molar-refractivity contribution in [1.29, 1.82) is 0 Å². The van der Waals surface area contributed by atoms with E-state index in [0.717, 1.165) is 10.3 Å². The van der Waals surface area contributed by atoms with Gasteiger partial charge in [0.1, 0.15) is 11.2 Å². The lowest BCUT2D eigenvalue weighted by atomic mass is 9.99. The first-order valence-corrected chi connectivity index (χ1v) is 15.8. The summed E-state index contributed by atoms with van der Waals surface area (Å²) in [7, 11) is 0. The molecule has 0 radical (unpaired) electrons. The Bertz CT molecular complexity index is 4190. The number of anilines is 3. The Hall–Kier alpha value is -6.90. The summed E-state index contributed by atoms with van der Waals surface area (Å²) >= 11 is 0. The van der Waals surface area contributed by atoms with Gasteiger partial charge in [0.05, 0.1) is 44.0 Å². The van der Waals surface area contributed by atoms with Crippen LogP contribution in [0.5, 0.6) is 0 Å². The molecule has 2 nitrogen and oxygen atoms in total. The van der Waals surface area contributed by atoms with Crippen LogP contribution in [0, 0.1) is 0 Å². The van der Waals surface area contributed by atoms with Crippen molar-refractivity contribution in [3.8, 4) is 33.4 Å². The topological polar surface area (TPSA) is 16.4 Å². The number of benzene rings is 9. The van der Waals surface area contributed by atoms with Crippen LogP contribution in [0.25, 0.3) is 76.9 Å². The number of nitrogens with zero attached hydrogens (tertiary/aromatic N) is 1. The van der Waals surface area contributed by atoms with E-state index >= 15 is 0 Å². The molecule has 1 heterocycles. The Morgan fingerprint density at radius 3 is 1.69 bits per heavy atom. The molecule has 0 atom stereocenters. The van der Waals surface area contributed by atoms with E-state index in [1.54, 1.807) is 30.3 Å². The zero-order valence-corrected chi connectivity index (χ0v) is 26.6. The molecule has 244 valence electrons. The predicted octanol–water partition coefficient (Wildman–Crippen LogP) is 14.4. The third-order valence-corrected chi connectivity index (χ3v) is 8.40. The van der Waals surface area contributed by atoms with Gasteiger partial charge in [0.25, 0.3) is 0 Å². The molecular weight excluding hydrogens is 631 g/mol. The Morgan fingerprint density at radius 2 is 0.981 bits per heavy atom. The Kier molecular flexibility index (Phi) is 3.44. The van der Waals surface area contributed by atoms with Gasteiger partial charge in [-0.15, -0.1) is 0 Å². The summed E-state index contributed by atoms with van der Waals surface area (Å²) in [5, 5.41) is 1.05. The lowest BCUT2D eigenvalue weighted by molar-refractivity contribution is 0.672. The Morgan fingerprint density at radius 1 is 0.404 bits per heavy atom. The molecule has 0 aliphatic heterocycles. The van der Waals surface area contributed by atoms with Gasteiger partial charge < -0.3 is 9.32 Å². The van der Waals surface area contributed by atoms with E-state index in [2.05, 4.69) is 0 Å². The van der Waals surface area contributed by atoms with E-state index in [4.69, 9.17) is 25.0 Å². The van der Waals surface area contributed by atoms with E-state index in [1.165, 1.54) is 12.1 Å². The fourth-order valence-electron chi connectivity index (χ4n) is 6.00. The van der Waals surface area contributed by atoms with Crippen LogP contribution in [0.15, 0.2) is 204 Å². The van der Waals surface area contributed by atoms with Crippen LogP contribution >= 0.6 is 0 Å². The zero-order chi connectivity index (χ0) is 55.3. The molecule has 2 heteroatoms. The monoisotopic (exact) mass is 687 g/mol. The third-order valence-electron chi connectivity index (χ3n) is 8.40. The standard InChI is InChI=1S/C50H33NO/c1-2-9-34(10-3-1)36-17-19-37(20-18-36)38-23-28-43(29-24-38)51(44-30-25-39(26-31-44)42-22-21-35-11-4-5-13-41(35)33-42)47-15-8-16-48-49(47)46-32-27-40-12-6-7-14-45(40)50(46)52-48/h1-33H/i1D,2D,3D,4D,5D,9D,10D,11D,13D,17D,18D,19D,20D,21D,22D,23D,24D,25D,26D,28D,29D,30D,31D,33D. The zero-order valence-electron chi connectivity index (χ0n) is 50.6. The molecule has 9 aromatic carbocycles. The van der Waals surface area contributed by atoms with Crippen molar-refractivity contribution in [3.05, 3.63) is 200 Å². The van der Waals surface area contributed by atoms with Crippen LogP contribution in [0.1, 0.15) is 32.9 Å². The first kappa shape index (κ1) is 14.4. The van der Waals surface area contributed by atoms with Crippen molar-refractivity contribution in [2.45, 2.75) is 0 Å². The van der Waals surface area contributed by atoms with Crippen LogP contribution in [-0.4, -0.2) is 0 Å². The van der Waals surface area contributed by atoms with Crippen LogP contribution in [-0.2, 0) is 0 Å². The van der Waals surface area contributed by atoms with Crippen LogP contribution in [0.2, 0.25) is 0 Å². The molecule has 0 aliphatic rings. The maximum Gasteiger partial charge on any atom is 0.143 e. The summed E-state index contributed by atoms with van der Waals surface area (Å²) in [6.07, 6.45) is 0. The molecule has 0 saturated heterocycles. The fourth-order valence-corrected chi connectivity index (χ4v) is 6.00. The van der Waals surface area contributed by atoms with Gasteiger partial charge in [-0.25, -0.2) is 0 Å². The molecule has 52 heavy (non-hydrogen) atoms. The first-order valence-electron chi connectivity index (χ1n) is 27.8. The molecule has 0 spiro atoms. The van der Waals surface area contributed by atoms with Crippen LogP contribution < -0.4 is 4.90 Å². The molecule has 0 aliphatic carbocycles. The fraction of sp³-hybridized carbons (Fsp3) is 0. The number of furan rings is 1. The van der Waals surface area contributed by atoms with Gasteiger partial charge >= 0.3 is 0 Å². The van der Waals surface area contributed by atoms with E-state index in [-0.39, 0.29) is 16.7 Å². The van der Waals surface area contributed by atoms with Gasteiger partial charge in [-0.3, -0.25) is 0 Å². The average molecular weight is 688 g/mol. The normalized spacial score (nSPS) is 17.9. The second-order valence-electron chi connectivity index (χ2n) is 11.4. The van der Waals surface area contributed by atoms with Gasteiger partial charge in [-0.1, -0.05) is 151 Å². The lowest BCUT2D eigenvalue weighted by Gasteiger charge is -2.26. The molecule has 0 bridgehead atoms. The largest absolute Gasteiger partial charge is 0.455 e. The molecule has 0 unspecified atom stereocenters. The summed E-state index contributed by atoms with van der Waals surface area (Å²) in [4.78, 5) is 0.939. The summed E-state index contributed by atoms with van der Waals surface area (Å²) in [5.41, 5.74) is -5.30. The minimum absolute atomic E-state index is 0.0849. The quantitative estimate of drug-likeness (QED) is 0.173. The second kappa shape index (κ2) is 12.5. The maximum absolute atomic E-state index is 9.66. The number of fused-ring (bicyclic) bond motifs is 6. The Balaban J connectivity index is 1.30. The average Bonchev–Trinajstić information content (AvgIpc) is 3.83. The minimum Gasteiger partial charge on any atom is -0.455 e. The molecule has 0 fully saturated rings. The van der Waals surface area contributed by atoms with Gasteiger partial charge in [0, 0.05) is 22.1 Å². The maximum atomic E-state index is 9.66. The van der Waals surface area contributed by atoms with Crippen molar-refractivity contribution < 1.29 is 37.3 Å². The molecule has 0 amide bonds. The summed E-state index contributed by atoms with van der Waals surface area (Å²) in [6.45, 7) is 0. The molecule has 0 saturated carbocycles. The number of hydrogen-bond acceptors (Lipinski definition) is 2. The van der Waals surface area contributed by atoms with Crippen molar-refractivity contribution in [3.63, 3.8) is 0 Å². The van der Waals surface area contributed by atoms with E-state index in [1.807, 2.05) is 12.1 Å². The second-order valence-corrected chi connectivity index (χ2v) is 11.4. The van der Waals surface area contributed by atoms with E-state index < -0.39 is 201 Å². The molecule has 10 aromatic rings. The Labute approximate surface area is 336 Å². The summed E-state index contributed by atoms with van der Waals surface area (Å²) in [6, 6.07) is -5.86.